The third-order valence-electron chi connectivity index (χ3n) is 1.53. The molecule has 0 unspecified atom stereocenters. The van der Waals surface area contributed by atoms with Crippen molar-refractivity contribution in [2.75, 3.05) is 0 Å². The molecule has 0 spiro atoms. The number of aromatic nitrogens is 2. The van der Waals surface area contributed by atoms with Gasteiger partial charge in [-0.3, -0.25) is 9.97 Å². The zero-order valence-corrected chi connectivity index (χ0v) is 11.1. The molecule has 0 N–H and O–H groups in total. The van der Waals surface area contributed by atoms with Crippen LogP contribution in [0.5, 0.6) is 0 Å². The van der Waals surface area contributed by atoms with Crippen LogP contribution in [0.2, 0.25) is 0 Å². The Balaban J connectivity index is 0.00000169. The molecule has 0 amide bonds. The first kappa shape index (κ1) is 13.8. The Labute approximate surface area is 107 Å². The van der Waals surface area contributed by atoms with Crippen molar-refractivity contribution in [1.29, 1.82) is 0 Å². The summed E-state index contributed by atoms with van der Waals surface area (Å²) < 4.78 is 21.6. The van der Waals surface area contributed by atoms with E-state index in [1.165, 1.54) is 18.6 Å². The number of rotatable bonds is 3. The van der Waals surface area contributed by atoms with Gasteiger partial charge in [-0.05, 0) is 6.42 Å². The molecule has 4 nitrogen and oxygen atoms in total. The fourth-order valence-electron chi connectivity index (χ4n) is 0.967. The van der Waals surface area contributed by atoms with E-state index in [2.05, 4.69) is 9.97 Å². The minimum Gasteiger partial charge on any atom is -0.261 e. The number of hydrogen-bond acceptors (Lipinski definition) is 4. The summed E-state index contributed by atoms with van der Waals surface area (Å²) in [6, 6.07) is 0. The molecule has 0 fully saturated rings. The molecule has 0 aliphatic heterocycles. The Bertz CT molecular complexity index is 395. The molecule has 1 radical (unpaired) electrons. The van der Waals surface area contributed by atoms with Gasteiger partial charge >= 0.3 is 0 Å². The van der Waals surface area contributed by atoms with E-state index >= 15 is 0 Å². The molecule has 0 aliphatic carbocycles. The van der Waals surface area contributed by atoms with Crippen LogP contribution in [0.4, 0.5) is 0 Å². The van der Waals surface area contributed by atoms with Gasteiger partial charge in [-0.15, -0.1) is 0 Å². The van der Waals surface area contributed by atoms with Gasteiger partial charge in [0.25, 0.3) is 0 Å². The summed E-state index contributed by atoms with van der Waals surface area (Å²) in [6.45, 7) is 1.92. The molecule has 0 aliphatic rings. The predicted molar refractivity (Wildman–Crippen MR) is 55.7 cm³/mol. The van der Waals surface area contributed by atoms with Crippen molar-refractivity contribution >= 4 is 44.7 Å². The molecule has 0 bridgehead atoms. The Morgan fingerprint density at radius 1 is 1.43 bits per heavy atom. The monoisotopic (exact) mass is 221 g/mol. The van der Waals surface area contributed by atoms with E-state index in [9.17, 15) is 8.42 Å². The van der Waals surface area contributed by atoms with Crippen LogP contribution in [0.15, 0.2) is 18.6 Å². The molecule has 71 valence electrons. The fraction of sp³-hybridized carbons (Fsp3) is 0.375. The summed E-state index contributed by atoms with van der Waals surface area (Å²) in [6.07, 6.45) is 5.74. The van der Waals surface area contributed by atoms with Crippen molar-refractivity contribution in [2.45, 2.75) is 19.8 Å². The van der Waals surface area contributed by atoms with Crippen LogP contribution in [0.3, 0.4) is 0 Å². The van der Waals surface area contributed by atoms with Gasteiger partial charge in [-0.2, -0.15) is 8.42 Å². The topological polar surface area (TPSA) is 59.9 Å². The second-order valence-corrected chi connectivity index (χ2v) is 3.46. The molecule has 0 aromatic carbocycles. The smallest absolute Gasteiger partial charge is 0.219 e. The first-order valence-electron chi connectivity index (χ1n) is 3.97. The van der Waals surface area contributed by atoms with Gasteiger partial charge in [0, 0.05) is 42.0 Å². The van der Waals surface area contributed by atoms with Gasteiger partial charge in [0.15, 0.2) is 0 Å². The van der Waals surface area contributed by atoms with Crippen LogP contribution in [-0.4, -0.2) is 52.8 Å². The van der Waals surface area contributed by atoms with Gasteiger partial charge in [0.1, 0.15) is 0 Å². The molecule has 1 aromatic heterocycles. The molecule has 14 heavy (non-hydrogen) atoms. The second kappa shape index (κ2) is 7.11. The second-order valence-electron chi connectivity index (χ2n) is 2.50. The average Bonchev–Trinajstić information content (AvgIpc) is 2.15. The van der Waals surface area contributed by atoms with Crippen LogP contribution in [0, 0.1) is 0 Å². The number of nitrogens with zero attached hydrogens (tertiary/aromatic N) is 2. The largest absolute Gasteiger partial charge is 0.261 e. The summed E-state index contributed by atoms with van der Waals surface area (Å²) in [4.78, 5) is 8.07. The normalized spacial score (nSPS) is 8.93. The quantitative estimate of drug-likeness (QED) is 0.418. The van der Waals surface area contributed by atoms with Gasteiger partial charge in [-0.1, -0.05) is 13.3 Å². The first-order chi connectivity index (χ1) is 6.25. The molecule has 1 aromatic rings. The van der Waals surface area contributed by atoms with Crippen molar-refractivity contribution in [3.8, 4) is 0 Å². The van der Waals surface area contributed by atoms with Crippen molar-refractivity contribution in [1.82, 2.24) is 9.97 Å². The minimum absolute atomic E-state index is 0. The van der Waals surface area contributed by atoms with Crippen LogP contribution in [0.1, 0.15) is 25.5 Å². The summed E-state index contributed by atoms with van der Waals surface area (Å²) in [5.74, 6) is 0. The van der Waals surface area contributed by atoms with Crippen LogP contribution < -0.4 is 0 Å². The van der Waals surface area contributed by atoms with Crippen LogP contribution >= 0.6 is 0 Å². The van der Waals surface area contributed by atoms with Crippen molar-refractivity contribution in [3.05, 3.63) is 24.3 Å². The Hall–Kier alpha value is -0.230. The van der Waals surface area contributed by atoms with Gasteiger partial charge in [0.2, 0.25) is 10.3 Å². The minimum atomic E-state index is -2.19. The Kier molecular flexibility index (Phi) is 7.00. The summed E-state index contributed by atoms with van der Waals surface area (Å²) in [5.41, 5.74) is 0.442. The van der Waals surface area contributed by atoms with Crippen LogP contribution in [0.25, 0.3) is 0 Å². The fourth-order valence-corrected chi connectivity index (χ4v) is 1.61. The maximum absolute atomic E-state index is 10.8. The maximum atomic E-state index is 10.8. The third kappa shape index (κ3) is 3.88. The van der Waals surface area contributed by atoms with E-state index in [0.29, 0.717) is 17.0 Å². The maximum Gasteiger partial charge on any atom is 0.219 e. The van der Waals surface area contributed by atoms with E-state index in [1.807, 2.05) is 6.92 Å². The van der Waals surface area contributed by atoms with Gasteiger partial charge in [0.05, 0.1) is 16.8 Å². The average molecular weight is 221 g/mol. The molecular formula is C8H10N2NaO2S. The third-order valence-corrected chi connectivity index (χ3v) is 2.34. The standard InChI is InChI=1S/C8H10N2O2S.Na/c1-2-3-8(13(11)12)7-6-9-4-5-10-7;/h4-6H,2-3H2,1H3;. The van der Waals surface area contributed by atoms with Gasteiger partial charge in [-0.25, -0.2) is 0 Å². The molecule has 0 saturated carbocycles. The van der Waals surface area contributed by atoms with Crippen LogP contribution in [-0.2, 0) is 10.3 Å². The molecular weight excluding hydrogens is 211 g/mol. The predicted octanol–water partition coefficient (Wildman–Crippen LogP) is 0.295. The van der Waals surface area contributed by atoms with Crippen molar-refractivity contribution in [2.24, 2.45) is 0 Å². The summed E-state index contributed by atoms with van der Waals surface area (Å²) in [7, 11) is -2.19. The van der Waals surface area contributed by atoms with Crippen molar-refractivity contribution < 1.29 is 8.42 Å². The first-order valence-corrected chi connectivity index (χ1v) is 5.04. The van der Waals surface area contributed by atoms with E-state index < -0.39 is 10.3 Å². The SMILES string of the molecule is CCCC(c1cnccn1)=S(=O)=O.[Na]. The van der Waals surface area contributed by atoms with E-state index in [1.54, 1.807) is 0 Å². The molecule has 0 atom stereocenters. The molecule has 1 rings (SSSR count). The van der Waals surface area contributed by atoms with E-state index in [-0.39, 0.29) is 29.6 Å². The molecule has 1 heterocycles. The van der Waals surface area contributed by atoms with Gasteiger partial charge < -0.3 is 0 Å². The summed E-state index contributed by atoms with van der Waals surface area (Å²) in [5, 5.41) is 0. The molecule has 0 saturated heterocycles. The zero-order valence-electron chi connectivity index (χ0n) is 8.27. The van der Waals surface area contributed by atoms with Crippen molar-refractivity contribution in [3.63, 3.8) is 0 Å². The molecule has 6 heteroatoms. The number of hydrogen-bond donors (Lipinski definition) is 0. The Morgan fingerprint density at radius 2 is 2.14 bits per heavy atom. The zero-order chi connectivity index (χ0) is 9.68. The van der Waals surface area contributed by atoms with E-state index in [4.69, 9.17) is 0 Å². The Morgan fingerprint density at radius 3 is 2.57 bits per heavy atom. The van der Waals surface area contributed by atoms with E-state index in [0.717, 1.165) is 6.42 Å². The summed E-state index contributed by atoms with van der Waals surface area (Å²) >= 11 is 0.